The summed E-state index contributed by atoms with van der Waals surface area (Å²) in [6.07, 6.45) is 0. The molecule has 0 N–H and O–H groups in total. The molecule has 0 bridgehead atoms. The average Bonchev–Trinajstić information content (AvgIpc) is 2.68. The summed E-state index contributed by atoms with van der Waals surface area (Å²) in [5, 5.41) is -3.92. The number of nitrogens with zero attached hydrogens (tertiary/aromatic N) is 2. The summed E-state index contributed by atoms with van der Waals surface area (Å²) in [5.41, 5.74) is -13.1. The van der Waals surface area contributed by atoms with Crippen LogP contribution >= 0.6 is 0 Å². The fourth-order valence-corrected chi connectivity index (χ4v) is 5.40. The van der Waals surface area contributed by atoms with Gasteiger partial charge >= 0.3 is 0 Å². The van der Waals surface area contributed by atoms with E-state index in [1.54, 1.807) is 0 Å². The minimum absolute atomic E-state index is 0.189. The van der Waals surface area contributed by atoms with Gasteiger partial charge in [-0.15, -0.1) is 0 Å². The van der Waals surface area contributed by atoms with Crippen LogP contribution in [0.25, 0.3) is 32.7 Å². The molecule has 0 aliphatic carbocycles. The Bertz CT molecular complexity index is 4240. The molecule has 1 unspecified atom stereocenters. The number of hydrogen-bond acceptors (Lipinski definition) is 2. The highest BCUT2D eigenvalue weighted by Crippen LogP contribution is 2.56. The molecule has 0 aromatic heterocycles. The van der Waals surface area contributed by atoms with Crippen molar-refractivity contribution in [3.8, 4) is 11.1 Å². The molecule has 8 aromatic carbocycles. The molecular weight excluding hydrogens is 581 g/mol. The van der Waals surface area contributed by atoms with Gasteiger partial charge in [-0.25, -0.2) is 0 Å². The quantitative estimate of drug-likeness (QED) is 0.183. The van der Waals surface area contributed by atoms with Gasteiger partial charge in [-0.05, 0) is 58.2 Å². The number of hydrogen-bond donors (Lipinski definition) is 0. The van der Waals surface area contributed by atoms with Crippen molar-refractivity contribution in [1.29, 1.82) is 0 Å². The molecule has 0 fully saturated rings. The maximum Gasteiger partial charge on any atom is 0.0645 e. The highest BCUT2D eigenvalue weighted by atomic mass is 15.2. The Balaban J connectivity index is 1.74. The van der Waals surface area contributed by atoms with Crippen LogP contribution in [0.4, 0.5) is 34.1 Å². The van der Waals surface area contributed by atoms with Crippen LogP contribution in [0.1, 0.15) is 70.5 Å². The van der Waals surface area contributed by atoms with Crippen LogP contribution in [-0.4, -0.2) is 0 Å². The molecule has 0 spiro atoms. The highest BCUT2D eigenvalue weighted by molar-refractivity contribution is 6.08. The van der Waals surface area contributed by atoms with E-state index in [0.29, 0.717) is 4.90 Å². The minimum atomic E-state index is -4.20. The number of rotatable bonds is 5. The molecule has 1 atom stereocenters. The lowest BCUT2D eigenvalue weighted by Gasteiger charge is -2.41. The summed E-state index contributed by atoms with van der Waals surface area (Å²) < 4.78 is 312. The first-order chi connectivity index (χ1) is 37.8. The predicted molar refractivity (Wildman–Crippen MR) is 204 cm³/mol. The minimum Gasteiger partial charge on any atom is -0.309 e. The Hall–Kier alpha value is -6.12. The molecule has 2 heteroatoms. The van der Waals surface area contributed by atoms with Gasteiger partial charge < -0.3 is 9.80 Å². The predicted octanol–water partition coefficient (Wildman–Crippen LogP) is 13.1. The average molecular weight is 649 g/mol. The van der Waals surface area contributed by atoms with Crippen LogP contribution in [0.2, 0.25) is 0 Å². The van der Waals surface area contributed by atoms with Crippen molar-refractivity contribution in [2.45, 2.75) is 12.7 Å². The molecule has 1 heterocycles. The zero-order chi connectivity index (χ0) is 61.6. The Morgan fingerprint density at radius 3 is 1.96 bits per heavy atom. The van der Waals surface area contributed by atoms with E-state index in [0.717, 1.165) is 0 Å². The van der Waals surface area contributed by atoms with Gasteiger partial charge in [0.2, 0.25) is 0 Å². The summed E-state index contributed by atoms with van der Waals surface area (Å²) in [5.74, 6) is -4.06. The Labute approximate surface area is 329 Å². The third-order valence-electron chi connectivity index (χ3n) is 7.35. The maximum atomic E-state index is 10.6. The fraction of sp³-hybridized carbons (Fsp3) is 0.0435. The van der Waals surface area contributed by atoms with E-state index in [9.17, 15) is 21.9 Å². The molecule has 9 rings (SSSR count). The molecule has 0 radical (unpaired) electrons. The largest absolute Gasteiger partial charge is 0.309 e. The third kappa shape index (κ3) is 4.49. The standard InChI is InChI=1S/C46H34N2/c1-32-37-23-12-13-26-41(37)48(46-39-25-11-9-19-35(39)30-31-40(46)34-16-4-2-5-17-34)44-29-15-28-43(45(32)44)47(36-21-6-3-7-22-36)42-27-14-20-33-18-8-10-24-38(33)42/h2-32H,1H3/i1D3,2D,3D,4D,5D,6D,7D,8D,9D,10D,11D,12D,13D,14D,15D,16D,17D,18D,19D,20D,21D,22D,23D,24D,25D,26D,27D,28D,29D,30D,31D,32D. The van der Waals surface area contributed by atoms with Crippen molar-refractivity contribution in [3.63, 3.8) is 0 Å². The Morgan fingerprint density at radius 1 is 0.542 bits per heavy atom. The first-order valence-electron chi connectivity index (χ1n) is 30.8. The van der Waals surface area contributed by atoms with E-state index in [2.05, 4.69) is 0 Å². The molecule has 1 aliphatic rings. The van der Waals surface area contributed by atoms with Gasteiger partial charge in [0.15, 0.2) is 0 Å². The van der Waals surface area contributed by atoms with Gasteiger partial charge in [-0.2, -0.15) is 0 Å². The van der Waals surface area contributed by atoms with Gasteiger partial charge in [0.05, 0.1) is 63.9 Å². The SMILES string of the molecule is [2H]c1c([2H])c([2H])c(-c2c([2H])c([2H])c3c([2H])c([2H])c([2H])c([2H])c3c2N2c3c([2H])c([2H])c([2H])c([2H])c3C([2H])(C([2H])([2H])[2H])c3c(N(c4c([2H])c([2H])c([2H])c([2H])c4[2H])c4c([2H])c([2H])c([2H])c5c([2H])c([2H])c([2H])c([2H])c45)c([2H])c([2H])c([2H])c32)c([2H])c1[2H]. The van der Waals surface area contributed by atoms with Gasteiger partial charge in [-0.3, -0.25) is 0 Å². The van der Waals surface area contributed by atoms with Crippen LogP contribution in [-0.2, 0) is 0 Å². The zero-order valence-corrected chi connectivity index (χ0v) is 23.9. The normalized spacial score (nSPS) is 25.5. The summed E-state index contributed by atoms with van der Waals surface area (Å²) in [6.45, 7) is -4.20. The second kappa shape index (κ2) is 11.6. The molecule has 0 saturated carbocycles. The molecule has 228 valence electrons. The van der Waals surface area contributed by atoms with Gasteiger partial charge in [0.1, 0.15) is 0 Å². The number of benzene rings is 8. The first-order valence-corrected chi connectivity index (χ1v) is 13.8. The number of fused-ring (bicyclic) bond motifs is 4. The monoisotopic (exact) mass is 648 g/mol. The summed E-state index contributed by atoms with van der Waals surface area (Å²) in [7, 11) is 0. The Morgan fingerprint density at radius 2 is 1.15 bits per heavy atom. The van der Waals surface area contributed by atoms with Gasteiger partial charge in [-0.1, -0.05) is 152 Å². The second-order valence-electron chi connectivity index (χ2n) is 9.89. The molecular formula is C46H34N2. The Kier molecular flexibility index (Phi) is 2.40. The molecule has 8 aromatic rings. The lowest BCUT2D eigenvalue weighted by Crippen LogP contribution is -2.24. The van der Waals surface area contributed by atoms with E-state index in [1.807, 2.05) is 0 Å². The molecule has 1 aliphatic heterocycles. The van der Waals surface area contributed by atoms with E-state index < -0.39 is 272 Å². The fourth-order valence-electron chi connectivity index (χ4n) is 5.40. The number of anilines is 6. The lowest BCUT2D eigenvalue weighted by atomic mass is 9.83. The lowest BCUT2D eigenvalue weighted by molar-refractivity contribution is 0.890. The van der Waals surface area contributed by atoms with Crippen LogP contribution in [0.15, 0.2) is 181 Å². The van der Waals surface area contributed by atoms with Crippen molar-refractivity contribution in [2.24, 2.45) is 0 Å². The number of para-hydroxylation sites is 2. The first kappa shape index (κ1) is 9.95. The molecule has 2 nitrogen and oxygen atoms in total. The van der Waals surface area contributed by atoms with Crippen LogP contribution in [0, 0.1) is 0 Å². The van der Waals surface area contributed by atoms with Crippen molar-refractivity contribution in [1.82, 2.24) is 0 Å². The van der Waals surface area contributed by atoms with E-state index in [-0.39, 0.29) is 4.90 Å². The topological polar surface area (TPSA) is 6.48 Å². The van der Waals surface area contributed by atoms with E-state index in [1.165, 1.54) is 0 Å². The second-order valence-corrected chi connectivity index (χ2v) is 9.89. The van der Waals surface area contributed by atoms with Crippen LogP contribution < -0.4 is 9.80 Å². The summed E-state index contributed by atoms with van der Waals surface area (Å²) in [6, 6.07) is -37.1. The van der Waals surface area contributed by atoms with E-state index in [4.69, 9.17) is 24.7 Å². The smallest absolute Gasteiger partial charge is 0.0645 e. The molecule has 0 amide bonds. The van der Waals surface area contributed by atoms with E-state index >= 15 is 0 Å². The molecule has 0 saturated heterocycles. The highest BCUT2D eigenvalue weighted by Gasteiger charge is 2.34. The van der Waals surface area contributed by atoms with Gasteiger partial charge in [0, 0.05) is 44.7 Å². The zero-order valence-electron chi connectivity index (χ0n) is 57.9. The summed E-state index contributed by atoms with van der Waals surface area (Å²) >= 11 is 0. The summed E-state index contributed by atoms with van der Waals surface area (Å²) in [4.78, 5) is 0.532. The van der Waals surface area contributed by atoms with Crippen LogP contribution in [0.5, 0.6) is 0 Å². The van der Waals surface area contributed by atoms with Crippen molar-refractivity contribution in [3.05, 3.63) is 192 Å². The van der Waals surface area contributed by atoms with Crippen LogP contribution in [0.3, 0.4) is 0 Å². The van der Waals surface area contributed by atoms with Crippen molar-refractivity contribution >= 4 is 55.7 Å². The van der Waals surface area contributed by atoms with Crippen molar-refractivity contribution < 1.29 is 46.6 Å². The molecule has 48 heavy (non-hydrogen) atoms. The third-order valence-corrected chi connectivity index (χ3v) is 7.35. The maximum absolute atomic E-state index is 10.6. The van der Waals surface area contributed by atoms with Gasteiger partial charge in [0.25, 0.3) is 0 Å². The van der Waals surface area contributed by atoms with Crippen molar-refractivity contribution in [2.75, 3.05) is 9.80 Å².